The SMILES string of the molecule is CCCc1nc(-c2c(C)nn(C)c2OC)c(N)s1. The predicted molar refractivity (Wildman–Crippen MR) is 74.0 cm³/mol. The molecule has 0 fully saturated rings. The molecule has 0 amide bonds. The summed E-state index contributed by atoms with van der Waals surface area (Å²) in [6.45, 7) is 4.07. The lowest BCUT2D eigenvalue weighted by atomic mass is 10.2. The molecule has 0 unspecified atom stereocenters. The van der Waals surface area contributed by atoms with Crippen molar-refractivity contribution in [2.75, 3.05) is 12.8 Å². The Morgan fingerprint density at radius 1 is 1.44 bits per heavy atom. The molecule has 2 heterocycles. The third kappa shape index (κ3) is 2.08. The Hall–Kier alpha value is -1.56. The molecule has 0 saturated carbocycles. The molecule has 0 spiro atoms. The van der Waals surface area contributed by atoms with E-state index >= 15 is 0 Å². The van der Waals surface area contributed by atoms with Crippen molar-refractivity contribution in [3.05, 3.63) is 10.7 Å². The van der Waals surface area contributed by atoms with Gasteiger partial charge in [0.15, 0.2) is 0 Å². The van der Waals surface area contributed by atoms with E-state index in [0.29, 0.717) is 5.88 Å². The van der Waals surface area contributed by atoms with Crippen molar-refractivity contribution in [3.8, 4) is 17.1 Å². The number of rotatable bonds is 4. The topological polar surface area (TPSA) is 66.0 Å². The molecule has 0 bridgehead atoms. The highest BCUT2D eigenvalue weighted by molar-refractivity contribution is 7.16. The van der Waals surface area contributed by atoms with Crippen LogP contribution in [-0.4, -0.2) is 21.9 Å². The number of hydrogen-bond acceptors (Lipinski definition) is 5. The quantitative estimate of drug-likeness (QED) is 0.922. The van der Waals surface area contributed by atoms with Crippen LogP contribution in [0.1, 0.15) is 24.0 Å². The number of thiazole rings is 1. The number of nitrogens with two attached hydrogens (primary N) is 1. The van der Waals surface area contributed by atoms with Crippen LogP contribution in [0.5, 0.6) is 5.88 Å². The van der Waals surface area contributed by atoms with Gasteiger partial charge in [0.25, 0.3) is 0 Å². The van der Waals surface area contributed by atoms with Crippen LogP contribution in [0.3, 0.4) is 0 Å². The molecule has 0 aromatic carbocycles. The van der Waals surface area contributed by atoms with E-state index < -0.39 is 0 Å². The fraction of sp³-hybridized carbons (Fsp3) is 0.500. The zero-order valence-electron chi connectivity index (χ0n) is 11.1. The van der Waals surface area contributed by atoms with Gasteiger partial charge in [-0.05, 0) is 19.8 Å². The summed E-state index contributed by atoms with van der Waals surface area (Å²) in [6, 6.07) is 0. The Bertz CT molecular complexity index is 559. The van der Waals surface area contributed by atoms with E-state index in [1.165, 1.54) is 0 Å². The summed E-state index contributed by atoms with van der Waals surface area (Å²) in [5, 5.41) is 6.15. The van der Waals surface area contributed by atoms with Gasteiger partial charge < -0.3 is 10.5 Å². The van der Waals surface area contributed by atoms with E-state index in [1.54, 1.807) is 23.1 Å². The summed E-state index contributed by atoms with van der Waals surface area (Å²) >= 11 is 1.55. The third-order valence-electron chi connectivity index (χ3n) is 2.76. The Balaban J connectivity index is 2.54. The van der Waals surface area contributed by atoms with Crippen molar-refractivity contribution in [3.63, 3.8) is 0 Å². The van der Waals surface area contributed by atoms with Gasteiger partial charge in [-0.2, -0.15) is 5.10 Å². The molecule has 0 radical (unpaired) electrons. The number of anilines is 1. The van der Waals surface area contributed by atoms with E-state index in [9.17, 15) is 0 Å². The molecule has 2 rings (SSSR count). The van der Waals surface area contributed by atoms with Crippen LogP contribution in [-0.2, 0) is 13.5 Å². The van der Waals surface area contributed by atoms with E-state index in [2.05, 4.69) is 17.0 Å². The van der Waals surface area contributed by atoms with E-state index in [1.807, 2.05) is 14.0 Å². The average Bonchev–Trinajstić information content (AvgIpc) is 2.79. The second-order valence-electron chi connectivity index (χ2n) is 4.16. The maximum Gasteiger partial charge on any atom is 0.221 e. The first-order chi connectivity index (χ1) is 8.58. The third-order valence-corrected chi connectivity index (χ3v) is 3.71. The standard InChI is InChI=1S/C12H18N4OS/c1-5-6-8-14-10(11(13)18-8)9-7(2)15-16(3)12(9)17-4/h5-6,13H2,1-4H3. The molecule has 98 valence electrons. The largest absolute Gasteiger partial charge is 0.481 e. The minimum absolute atomic E-state index is 0.701. The summed E-state index contributed by atoms with van der Waals surface area (Å²) in [7, 11) is 3.49. The van der Waals surface area contributed by atoms with Gasteiger partial charge >= 0.3 is 0 Å². The number of methoxy groups -OCH3 is 1. The van der Waals surface area contributed by atoms with Crippen LogP contribution < -0.4 is 10.5 Å². The fourth-order valence-electron chi connectivity index (χ4n) is 2.02. The second kappa shape index (κ2) is 4.97. The Labute approximate surface area is 111 Å². The van der Waals surface area contributed by atoms with Gasteiger partial charge in [-0.3, -0.25) is 0 Å². The lowest BCUT2D eigenvalue weighted by Gasteiger charge is -2.03. The molecule has 6 heteroatoms. The average molecular weight is 266 g/mol. The highest BCUT2D eigenvalue weighted by Gasteiger charge is 2.21. The van der Waals surface area contributed by atoms with Gasteiger partial charge in [0.1, 0.15) is 10.7 Å². The smallest absolute Gasteiger partial charge is 0.221 e. The van der Waals surface area contributed by atoms with Gasteiger partial charge in [0.05, 0.1) is 23.4 Å². The first-order valence-electron chi connectivity index (χ1n) is 5.91. The van der Waals surface area contributed by atoms with Crippen molar-refractivity contribution in [1.82, 2.24) is 14.8 Å². The first-order valence-corrected chi connectivity index (χ1v) is 6.73. The number of aromatic nitrogens is 3. The molecule has 0 aliphatic carbocycles. The zero-order valence-corrected chi connectivity index (χ0v) is 12.0. The minimum atomic E-state index is 0.701. The van der Waals surface area contributed by atoms with Crippen LogP contribution >= 0.6 is 11.3 Å². The number of ether oxygens (including phenoxy) is 1. The lowest BCUT2D eigenvalue weighted by molar-refractivity contribution is 0.374. The van der Waals surface area contributed by atoms with Crippen LogP contribution in [0.15, 0.2) is 0 Å². The molecule has 0 aliphatic heterocycles. The maximum absolute atomic E-state index is 6.07. The summed E-state index contributed by atoms with van der Waals surface area (Å²) in [4.78, 5) is 4.61. The fourth-order valence-corrected chi connectivity index (χ4v) is 2.96. The van der Waals surface area contributed by atoms with Crippen LogP contribution in [0.25, 0.3) is 11.3 Å². The van der Waals surface area contributed by atoms with Crippen molar-refractivity contribution in [1.29, 1.82) is 0 Å². The Morgan fingerprint density at radius 2 is 2.17 bits per heavy atom. The first kappa shape index (κ1) is 12.9. The molecule has 18 heavy (non-hydrogen) atoms. The van der Waals surface area contributed by atoms with E-state index in [4.69, 9.17) is 10.5 Å². The molecule has 0 aliphatic rings. The van der Waals surface area contributed by atoms with Crippen molar-refractivity contribution >= 4 is 16.3 Å². The van der Waals surface area contributed by atoms with Gasteiger partial charge in [-0.1, -0.05) is 6.92 Å². The second-order valence-corrected chi connectivity index (χ2v) is 5.28. The molecule has 0 saturated heterocycles. The van der Waals surface area contributed by atoms with Crippen LogP contribution in [0, 0.1) is 6.92 Å². The number of aryl methyl sites for hydroxylation is 3. The van der Waals surface area contributed by atoms with Crippen molar-refractivity contribution in [2.45, 2.75) is 26.7 Å². The highest BCUT2D eigenvalue weighted by Crippen LogP contribution is 2.38. The molecule has 2 N–H and O–H groups in total. The van der Waals surface area contributed by atoms with E-state index in [0.717, 1.165) is 39.8 Å². The molecular weight excluding hydrogens is 248 g/mol. The van der Waals surface area contributed by atoms with E-state index in [-0.39, 0.29) is 0 Å². The lowest BCUT2D eigenvalue weighted by Crippen LogP contribution is -1.96. The Morgan fingerprint density at radius 3 is 2.78 bits per heavy atom. The van der Waals surface area contributed by atoms with Gasteiger partial charge in [-0.15, -0.1) is 11.3 Å². The summed E-state index contributed by atoms with van der Waals surface area (Å²) in [5.74, 6) is 0.701. The summed E-state index contributed by atoms with van der Waals surface area (Å²) in [6.07, 6.45) is 2.02. The van der Waals surface area contributed by atoms with Gasteiger partial charge in [0, 0.05) is 7.05 Å². The van der Waals surface area contributed by atoms with Crippen molar-refractivity contribution < 1.29 is 4.74 Å². The normalized spacial score (nSPS) is 10.9. The summed E-state index contributed by atoms with van der Waals surface area (Å²) < 4.78 is 7.10. The number of nitrogen functional groups attached to an aromatic ring is 1. The monoisotopic (exact) mass is 266 g/mol. The predicted octanol–water partition coefficient (Wildman–Crippen LogP) is 2.40. The van der Waals surface area contributed by atoms with Gasteiger partial charge in [-0.25, -0.2) is 9.67 Å². The summed E-state index contributed by atoms with van der Waals surface area (Å²) in [5.41, 5.74) is 8.65. The van der Waals surface area contributed by atoms with Crippen LogP contribution in [0.2, 0.25) is 0 Å². The molecule has 2 aromatic heterocycles. The zero-order chi connectivity index (χ0) is 13.3. The van der Waals surface area contributed by atoms with Gasteiger partial charge in [0.2, 0.25) is 5.88 Å². The Kier molecular flexibility index (Phi) is 3.56. The molecule has 2 aromatic rings. The van der Waals surface area contributed by atoms with Crippen molar-refractivity contribution in [2.24, 2.45) is 7.05 Å². The number of nitrogens with zero attached hydrogens (tertiary/aromatic N) is 3. The molecule has 5 nitrogen and oxygen atoms in total. The number of hydrogen-bond donors (Lipinski definition) is 1. The minimum Gasteiger partial charge on any atom is -0.481 e. The highest BCUT2D eigenvalue weighted by atomic mass is 32.1. The maximum atomic E-state index is 6.07. The molecule has 0 atom stereocenters. The van der Waals surface area contributed by atoms with Crippen LogP contribution in [0.4, 0.5) is 5.00 Å². The molecular formula is C12H18N4OS.